The van der Waals surface area contributed by atoms with Crippen molar-refractivity contribution >= 4 is 44.3 Å². The van der Waals surface area contributed by atoms with Gasteiger partial charge in [-0.2, -0.15) is 4.72 Å². The number of esters is 1. The zero-order chi connectivity index (χ0) is 30.1. The molecule has 0 aliphatic carbocycles. The third-order valence-electron chi connectivity index (χ3n) is 7.21. The molecule has 3 aromatic rings. The lowest BCUT2D eigenvalue weighted by Gasteiger charge is -2.33. The van der Waals surface area contributed by atoms with Crippen LogP contribution in [0.5, 0.6) is 0 Å². The first-order chi connectivity index (χ1) is 20.1. The second kappa shape index (κ2) is 14.1. The normalized spacial score (nSPS) is 16.0. The molecule has 0 saturated carbocycles. The summed E-state index contributed by atoms with van der Waals surface area (Å²) in [6.07, 6.45) is 1.84. The Hall–Kier alpha value is -4.16. The summed E-state index contributed by atoms with van der Waals surface area (Å²) in [5, 5.41) is 15.3. The number of carbonyl (C=O) groups excluding carboxylic acids is 2. The van der Waals surface area contributed by atoms with Gasteiger partial charge in [-0.3, -0.25) is 15.0 Å². The van der Waals surface area contributed by atoms with E-state index in [-0.39, 0.29) is 35.7 Å². The van der Waals surface area contributed by atoms with Crippen molar-refractivity contribution in [3.8, 4) is 0 Å². The van der Waals surface area contributed by atoms with E-state index in [0.29, 0.717) is 31.9 Å². The number of ether oxygens (including phenoxy) is 1. The van der Waals surface area contributed by atoms with Gasteiger partial charge in [0.05, 0.1) is 11.5 Å². The van der Waals surface area contributed by atoms with Crippen molar-refractivity contribution < 1.29 is 22.7 Å². The molecule has 2 atom stereocenters. The van der Waals surface area contributed by atoms with Crippen LogP contribution < -0.4 is 21.1 Å². The van der Waals surface area contributed by atoms with Crippen LogP contribution in [0.2, 0.25) is 0 Å². The predicted molar refractivity (Wildman–Crippen MR) is 163 cm³/mol. The number of anilines is 1. The molecule has 1 fully saturated rings. The fourth-order valence-electron chi connectivity index (χ4n) is 4.98. The molecule has 12 heteroatoms. The molecule has 0 aromatic heterocycles. The first kappa shape index (κ1) is 30.8. The van der Waals surface area contributed by atoms with Crippen LogP contribution in [-0.2, 0) is 30.8 Å². The number of hydrogen-bond donors (Lipinski definition) is 5. The first-order valence-electron chi connectivity index (χ1n) is 14.0. The number of rotatable bonds is 12. The lowest BCUT2D eigenvalue weighted by Crippen LogP contribution is -2.51. The number of piperidine rings is 1. The Labute approximate surface area is 246 Å². The molecule has 0 bridgehead atoms. The first-order valence-corrected chi connectivity index (χ1v) is 15.5. The van der Waals surface area contributed by atoms with Gasteiger partial charge in [-0.25, -0.2) is 8.42 Å². The fourth-order valence-corrected chi connectivity index (χ4v) is 6.21. The second-order valence-corrected chi connectivity index (χ2v) is 12.0. The van der Waals surface area contributed by atoms with E-state index in [1.54, 1.807) is 48.2 Å². The van der Waals surface area contributed by atoms with Crippen LogP contribution in [0, 0.1) is 11.3 Å². The van der Waals surface area contributed by atoms with E-state index in [2.05, 4.69) is 15.4 Å². The number of sulfonamides is 1. The molecule has 224 valence electrons. The van der Waals surface area contributed by atoms with Gasteiger partial charge >= 0.3 is 5.97 Å². The number of nitrogens with one attached hydrogen (secondary N) is 4. The molecule has 1 amide bonds. The average molecular weight is 595 g/mol. The highest BCUT2D eigenvalue weighted by Crippen LogP contribution is 2.20. The van der Waals surface area contributed by atoms with Gasteiger partial charge in [-0.05, 0) is 72.7 Å². The quantitative estimate of drug-likeness (QED) is 0.121. The molecular formula is C30H38N6O5S. The van der Waals surface area contributed by atoms with Crippen molar-refractivity contribution in [3.05, 3.63) is 72.3 Å². The van der Waals surface area contributed by atoms with Gasteiger partial charge in [0.25, 0.3) is 0 Å². The third-order valence-corrected chi connectivity index (χ3v) is 8.68. The van der Waals surface area contributed by atoms with Crippen molar-refractivity contribution in [1.82, 2.24) is 14.9 Å². The molecule has 3 aromatic carbocycles. The zero-order valence-corrected chi connectivity index (χ0v) is 24.5. The van der Waals surface area contributed by atoms with Gasteiger partial charge in [0.2, 0.25) is 15.9 Å². The van der Waals surface area contributed by atoms with E-state index >= 15 is 0 Å². The topological polar surface area (TPSA) is 167 Å². The summed E-state index contributed by atoms with van der Waals surface area (Å²) < 4.78 is 34.5. The number of amides is 1. The summed E-state index contributed by atoms with van der Waals surface area (Å²) in [6.45, 7) is 3.67. The molecule has 6 N–H and O–H groups in total. The van der Waals surface area contributed by atoms with Gasteiger partial charge < -0.3 is 26.0 Å². The summed E-state index contributed by atoms with van der Waals surface area (Å²) >= 11 is 0. The highest BCUT2D eigenvalue weighted by Gasteiger charge is 2.28. The smallest absolute Gasteiger partial charge is 0.325 e. The fraction of sp³-hybridized carbons (Fsp3) is 0.367. The van der Waals surface area contributed by atoms with E-state index in [1.165, 1.54) is 6.07 Å². The molecule has 42 heavy (non-hydrogen) atoms. The Morgan fingerprint density at radius 3 is 2.55 bits per heavy atom. The SMILES string of the molecule is CCOC(=O)CNc1ccc(C[C@@H](NS(=O)(=O)c2ccc3ccccc3c2)C(=O)NCC2CCCN(C(=N)N)C2)cc1. The van der Waals surface area contributed by atoms with Crippen molar-refractivity contribution in [1.29, 1.82) is 5.41 Å². The van der Waals surface area contributed by atoms with E-state index in [9.17, 15) is 18.0 Å². The predicted octanol–water partition coefficient (Wildman–Crippen LogP) is 2.43. The van der Waals surface area contributed by atoms with E-state index in [0.717, 1.165) is 29.2 Å². The van der Waals surface area contributed by atoms with Gasteiger partial charge in [0.1, 0.15) is 12.6 Å². The highest BCUT2D eigenvalue weighted by molar-refractivity contribution is 7.89. The van der Waals surface area contributed by atoms with Crippen LogP contribution in [-0.4, -0.2) is 70.0 Å². The van der Waals surface area contributed by atoms with Gasteiger partial charge in [-0.15, -0.1) is 0 Å². The molecule has 0 radical (unpaired) electrons. The molecule has 0 spiro atoms. The molecule has 1 aliphatic heterocycles. The Bertz CT molecular complexity index is 1510. The number of likely N-dealkylation sites (tertiary alicyclic amines) is 1. The number of carbonyl (C=O) groups is 2. The standard InChI is InChI=1S/C30H38N6O5S/c1-2-41-28(37)19-33-25-12-9-21(10-13-25)16-27(29(38)34-18-22-6-5-15-36(20-22)30(31)32)35-42(39,40)26-14-11-23-7-3-4-8-24(23)17-26/h3-4,7-14,17,22,27,33,35H,2,5-6,15-16,18-20H2,1H3,(H3,31,32)(H,34,38)/t22?,27-/m1/s1. The molecule has 1 unspecified atom stereocenters. The van der Waals surface area contributed by atoms with Gasteiger partial charge in [0.15, 0.2) is 5.96 Å². The Morgan fingerprint density at radius 2 is 1.83 bits per heavy atom. The van der Waals surface area contributed by atoms with Crippen LogP contribution >= 0.6 is 0 Å². The number of fused-ring (bicyclic) bond motifs is 1. The van der Waals surface area contributed by atoms with Crippen molar-refractivity contribution in [3.63, 3.8) is 0 Å². The maximum Gasteiger partial charge on any atom is 0.325 e. The Kier molecular flexibility index (Phi) is 10.4. The number of nitrogens with zero attached hydrogens (tertiary/aromatic N) is 1. The maximum absolute atomic E-state index is 13.5. The van der Waals surface area contributed by atoms with E-state index in [1.807, 2.05) is 24.3 Å². The monoisotopic (exact) mass is 594 g/mol. The van der Waals surface area contributed by atoms with Crippen LogP contribution in [0.3, 0.4) is 0 Å². The minimum Gasteiger partial charge on any atom is -0.465 e. The molecule has 1 saturated heterocycles. The maximum atomic E-state index is 13.5. The molecule has 1 aliphatic rings. The average Bonchev–Trinajstić information content (AvgIpc) is 2.99. The van der Waals surface area contributed by atoms with Crippen molar-refractivity contribution in [2.75, 3.05) is 38.1 Å². The minimum atomic E-state index is -4.04. The van der Waals surface area contributed by atoms with Crippen LogP contribution in [0.4, 0.5) is 5.69 Å². The van der Waals surface area contributed by atoms with E-state index in [4.69, 9.17) is 15.9 Å². The largest absolute Gasteiger partial charge is 0.465 e. The molecule has 11 nitrogen and oxygen atoms in total. The zero-order valence-electron chi connectivity index (χ0n) is 23.6. The number of hydrogen-bond acceptors (Lipinski definition) is 7. The van der Waals surface area contributed by atoms with Gasteiger partial charge in [0, 0.05) is 25.3 Å². The van der Waals surface area contributed by atoms with Crippen molar-refractivity contribution in [2.45, 2.75) is 37.1 Å². The van der Waals surface area contributed by atoms with E-state index < -0.39 is 22.0 Å². The minimum absolute atomic E-state index is 0.00670. The Morgan fingerprint density at radius 1 is 1.10 bits per heavy atom. The summed E-state index contributed by atoms with van der Waals surface area (Å²) in [5.74, 6) is -0.712. The summed E-state index contributed by atoms with van der Waals surface area (Å²) in [6, 6.07) is 18.3. The number of nitrogens with two attached hydrogens (primary N) is 1. The lowest BCUT2D eigenvalue weighted by atomic mass is 9.98. The van der Waals surface area contributed by atoms with Crippen molar-refractivity contribution in [2.24, 2.45) is 11.7 Å². The van der Waals surface area contributed by atoms with Crippen LogP contribution in [0.1, 0.15) is 25.3 Å². The molecule has 1 heterocycles. The second-order valence-electron chi connectivity index (χ2n) is 10.3. The molecule has 4 rings (SSSR count). The third kappa shape index (κ3) is 8.43. The molecular weight excluding hydrogens is 556 g/mol. The highest BCUT2D eigenvalue weighted by atomic mass is 32.2. The summed E-state index contributed by atoms with van der Waals surface area (Å²) in [4.78, 5) is 26.9. The summed E-state index contributed by atoms with van der Waals surface area (Å²) in [7, 11) is -4.04. The number of benzene rings is 3. The Balaban J connectivity index is 1.49. The summed E-state index contributed by atoms with van der Waals surface area (Å²) in [5.41, 5.74) is 7.08. The number of guanidine groups is 1. The lowest BCUT2D eigenvalue weighted by molar-refractivity contribution is -0.140. The van der Waals surface area contributed by atoms with Gasteiger partial charge in [-0.1, -0.05) is 42.5 Å². The van der Waals surface area contributed by atoms with Crippen LogP contribution in [0.15, 0.2) is 71.6 Å². The van der Waals surface area contributed by atoms with Crippen LogP contribution in [0.25, 0.3) is 10.8 Å².